The Hall–Kier alpha value is -0.340. The Morgan fingerprint density at radius 3 is 2.55 bits per heavy atom. The van der Waals surface area contributed by atoms with Crippen molar-refractivity contribution < 1.29 is 4.74 Å². The summed E-state index contributed by atoms with van der Waals surface area (Å²) in [4.78, 5) is 0. The first-order valence-electron chi connectivity index (χ1n) is 4.09. The Balaban J connectivity index is 3.63. The smallest absolute Gasteiger partial charge is 0.0700 e. The van der Waals surface area contributed by atoms with E-state index in [4.69, 9.17) is 10.5 Å². The van der Waals surface area contributed by atoms with Gasteiger partial charge in [0, 0.05) is 12.6 Å². The van der Waals surface area contributed by atoms with Crippen molar-refractivity contribution >= 4 is 0 Å². The van der Waals surface area contributed by atoms with E-state index >= 15 is 0 Å². The highest BCUT2D eigenvalue weighted by atomic mass is 16.5. The molecule has 0 aromatic heterocycles. The molecule has 11 heavy (non-hydrogen) atoms. The molecule has 0 rings (SSSR count). The Morgan fingerprint density at radius 1 is 1.64 bits per heavy atom. The normalized spacial score (nSPS) is 16.0. The van der Waals surface area contributed by atoms with Crippen molar-refractivity contribution in [2.24, 2.45) is 5.73 Å². The highest BCUT2D eigenvalue weighted by Crippen LogP contribution is 2.05. The van der Waals surface area contributed by atoms with Crippen LogP contribution < -0.4 is 5.73 Å². The molecule has 0 spiro atoms. The van der Waals surface area contributed by atoms with E-state index in [2.05, 4.69) is 6.58 Å². The second-order valence-corrected chi connectivity index (χ2v) is 2.99. The lowest BCUT2D eigenvalue weighted by atomic mass is 10.1. The van der Waals surface area contributed by atoms with Crippen molar-refractivity contribution in [1.29, 1.82) is 0 Å². The van der Waals surface area contributed by atoms with Crippen LogP contribution >= 0.6 is 0 Å². The molecule has 0 saturated heterocycles. The first kappa shape index (κ1) is 10.7. The van der Waals surface area contributed by atoms with Crippen molar-refractivity contribution in [2.75, 3.05) is 6.61 Å². The zero-order valence-electron chi connectivity index (χ0n) is 7.76. The van der Waals surface area contributed by atoms with Gasteiger partial charge in [0.05, 0.1) is 6.10 Å². The molecule has 0 fully saturated rings. The van der Waals surface area contributed by atoms with E-state index in [0.29, 0.717) is 0 Å². The van der Waals surface area contributed by atoms with Gasteiger partial charge in [-0.25, -0.2) is 0 Å². The van der Waals surface area contributed by atoms with Gasteiger partial charge in [-0.1, -0.05) is 5.57 Å². The van der Waals surface area contributed by atoms with Crippen LogP contribution in [0.1, 0.15) is 27.2 Å². The molecule has 0 aliphatic heterocycles. The minimum atomic E-state index is 0.0902. The van der Waals surface area contributed by atoms with Crippen molar-refractivity contribution in [3.8, 4) is 0 Å². The highest BCUT2D eigenvalue weighted by molar-refractivity contribution is 4.93. The number of nitrogens with two attached hydrogens (primary N) is 1. The van der Waals surface area contributed by atoms with Crippen LogP contribution in [0.4, 0.5) is 0 Å². The maximum Gasteiger partial charge on any atom is 0.0700 e. The second-order valence-electron chi connectivity index (χ2n) is 2.99. The molecule has 2 N–H and O–H groups in total. The molecular weight excluding hydrogens is 138 g/mol. The fourth-order valence-electron chi connectivity index (χ4n) is 0.955. The summed E-state index contributed by atoms with van der Waals surface area (Å²) >= 11 is 0. The highest BCUT2D eigenvalue weighted by Gasteiger charge is 2.11. The molecule has 66 valence electrons. The average Bonchev–Trinajstić information content (AvgIpc) is 1.86. The lowest BCUT2D eigenvalue weighted by Gasteiger charge is -2.19. The van der Waals surface area contributed by atoms with Gasteiger partial charge in [0.25, 0.3) is 0 Å². The van der Waals surface area contributed by atoms with Crippen LogP contribution in [0.3, 0.4) is 0 Å². The minimum Gasteiger partial charge on any atom is -0.377 e. The molecule has 2 unspecified atom stereocenters. The van der Waals surface area contributed by atoms with Gasteiger partial charge in [0.1, 0.15) is 0 Å². The monoisotopic (exact) mass is 157 g/mol. The van der Waals surface area contributed by atoms with Gasteiger partial charge in [-0.15, -0.1) is 6.58 Å². The largest absolute Gasteiger partial charge is 0.377 e. The number of rotatable bonds is 5. The lowest BCUT2D eigenvalue weighted by molar-refractivity contribution is 0.0577. The summed E-state index contributed by atoms with van der Waals surface area (Å²) in [5.41, 5.74) is 6.93. The van der Waals surface area contributed by atoms with Crippen LogP contribution in [0.25, 0.3) is 0 Å². The van der Waals surface area contributed by atoms with Gasteiger partial charge >= 0.3 is 0 Å². The molecule has 0 amide bonds. The minimum absolute atomic E-state index is 0.0902. The molecule has 0 aliphatic rings. The quantitative estimate of drug-likeness (QED) is 0.616. The molecule has 2 atom stereocenters. The second kappa shape index (κ2) is 5.33. The lowest BCUT2D eigenvalue weighted by Crippen LogP contribution is -2.34. The van der Waals surface area contributed by atoms with E-state index in [1.54, 1.807) is 0 Å². The van der Waals surface area contributed by atoms with Gasteiger partial charge < -0.3 is 10.5 Å². The van der Waals surface area contributed by atoms with Crippen LogP contribution in [-0.2, 0) is 4.74 Å². The molecule has 0 aliphatic carbocycles. The van der Waals surface area contributed by atoms with Gasteiger partial charge in [-0.2, -0.15) is 0 Å². The number of ether oxygens (including phenoxy) is 1. The first-order chi connectivity index (χ1) is 5.07. The third-order valence-electron chi connectivity index (χ3n) is 1.62. The molecule has 0 aromatic rings. The molecule has 0 heterocycles. The van der Waals surface area contributed by atoms with E-state index in [-0.39, 0.29) is 12.1 Å². The molecule has 0 bridgehead atoms. The third-order valence-corrected chi connectivity index (χ3v) is 1.62. The maximum atomic E-state index is 5.82. The summed E-state index contributed by atoms with van der Waals surface area (Å²) in [6, 6.07) is 0.0902. The van der Waals surface area contributed by atoms with Crippen molar-refractivity contribution in [3.05, 3.63) is 12.2 Å². The third kappa shape index (κ3) is 4.99. The molecule has 0 radical (unpaired) electrons. The summed E-state index contributed by atoms with van der Waals surface area (Å²) in [5, 5.41) is 0. The van der Waals surface area contributed by atoms with Crippen molar-refractivity contribution in [2.45, 2.75) is 39.3 Å². The fraction of sp³-hybridized carbons (Fsp3) is 0.778. The number of hydrogen-bond acceptors (Lipinski definition) is 2. The standard InChI is InChI=1S/C9H19NO/c1-5-11-8(4)9(10)6-7(2)3/h8-9H,2,5-6,10H2,1,3-4H3. The van der Waals surface area contributed by atoms with Crippen LogP contribution in [0.15, 0.2) is 12.2 Å². The van der Waals surface area contributed by atoms with E-state index in [9.17, 15) is 0 Å². The van der Waals surface area contributed by atoms with E-state index in [0.717, 1.165) is 18.6 Å². The van der Waals surface area contributed by atoms with Gasteiger partial charge in [0.2, 0.25) is 0 Å². The van der Waals surface area contributed by atoms with E-state index < -0.39 is 0 Å². The number of hydrogen-bond donors (Lipinski definition) is 1. The Morgan fingerprint density at radius 2 is 2.18 bits per heavy atom. The van der Waals surface area contributed by atoms with Crippen LogP contribution in [-0.4, -0.2) is 18.8 Å². The summed E-state index contributed by atoms with van der Waals surface area (Å²) in [7, 11) is 0. The Kier molecular flexibility index (Phi) is 5.16. The molecule has 2 heteroatoms. The van der Waals surface area contributed by atoms with Gasteiger partial charge in [-0.05, 0) is 27.2 Å². The Bertz CT molecular complexity index is 123. The topological polar surface area (TPSA) is 35.2 Å². The average molecular weight is 157 g/mol. The molecule has 0 aromatic carbocycles. The fourth-order valence-corrected chi connectivity index (χ4v) is 0.955. The Labute approximate surface area is 69.4 Å². The van der Waals surface area contributed by atoms with Crippen molar-refractivity contribution in [1.82, 2.24) is 0 Å². The van der Waals surface area contributed by atoms with Crippen LogP contribution in [0, 0.1) is 0 Å². The maximum absolute atomic E-state index is 5.82. The van der Waals surface area contributed by atoms with E-state index in [1.165, 1.54) is 0 Å². The summed E-state index contributed by atoms with van der Waals surface area (Å²) < 4.78 is 5.34. The van der Waals surface area contributed by atoms with Gasteiger partial charge in [-0.3, -0.25) is 0 Å². The predicted octanol–water partition coefficient (Wildman–Crippen LogP) is 1.70. The first-order valence-corrected chi connectivity index (χ1v) is 4.09. The summed E-state index contributed by atoms with van der Waals surface area (Å²) in [6.07, 6.45) is 0.984. The van der Waals surface area contributed by atoms with Crippen molar-refractivity contribution in [3.63, 3.8) is 0 Å². The molecule has 0 saturated carbocycles. The van der Waals surface area contributed by atoms with Crippen LogP contribution in [0.2, 0.25) is 0 Å². The predicted molar refractivity (Wildman–Crippen MR) is 48.5 cm³/mol. The summed E-state index contributed by atoms with van der Waals surface area (Å²) in [5.74, 6) is 0. The molecular formula is C9H19NO. The SMILES string of the molecule is C=C(C)CC(N)C(C)OCC. The van der Waals surface area contributed by atoms with Crippen LogP contribution in [0.5, 0.6) is 0 Å². The zero-order chi connectivity index (χ0) is 8.85. The summed E-state index contributed by atoms with van der Waals surface area (Å²) in [6.45, 7) is 10.5. The molecule has 2 nitrogen and oxygen atoms in total. The zero-order valence-corrected chi connectivity index (χ0v) is 7.76. The van der Waals surface area contributed by atoms with Gasteiger partial charge in [0.15, 0.2) is 0 Å². The van der Waals surface area contributed by atoms with E-state index in [1.807, 2.05) is 20.8 Å².